The van der Waals surface area contributed by atoms with Crippen LogP contribution in [0.2, 0.25) is 5.02 Å². The van der Waals surface area contributed by atoms with Gasteiger partial charge in [-0.25, -0.2) is 14.2 Å². The molecular formula is C40H41ClF2N6O4. The van der Waals surface area contributed by atoms with Crippen LogP contribution in [-0.4, -0.2) is 70.9 Å². The van der Waals surface area contributed by atoms with Gasteiger partial charge < -0.3 is 28.9 Å². The van der Waals surface area contributed by atoms with Crippen molar-refractivity contribution in [2.75, 3.05) is 37.1 Å². The number of methoxy groups -OCH3 is 2. The summed E-state index contributed by atoms with van der Waals surface area (Å²) in [6, 6.07) is 20.5. The van der Waals surface area contributed by atoms with E-state index in [1.807, 2.05) is 87.2 Å². The number of anilines is 2. The Morgan fingerprint density at radius 3 is 2.06 bits per heavy atom. The van der Waals surface area contributed by atoms with Gasteiger partial charge in [-0.3, -0.25) is 0 Å². The standard InChI is InChI=1S/C40H41ClF2N6O4/c1-23-15-32(44-33(16-23)47(19-24-7-11-28(51-5)12-8-24)20-25-9-13-29(52-6)14-10-25)34-31(41)18-30-36(35(34)42)45-38(43)46-37(30)48-21-27-17-26(48)22-49(27)39(50)53-40(2,3)4/h7-16,18,26-27H,17,19-22H2,1-6H3. The molecule has 2 unspecified atom stereocenters. The molecule has 7 rings (SSSR count). The van der Waals surface area contributed by atoms with Crippen molar-refractivity contribution in [3.8, 4) is 22.8 Å². The van der Waals surface area contributed by atoms with Crippen molar-refractivity contribution >= 4 is 40.2 Å². The number of piperazine rings is 1. The number of carbonyl (C=O) groups is 1. The number of nitrogens with zero attached hydrogens (tertiary/aromatic N) is 6. The lowest BCUT2D eigenvalue weighted by Gasteiger charge is -2.36. The average Bonchev–Trinajstić information content (AvgIpc) is 3.73. The van der Waals surface area contributed by atoms with Crippen LogP contribution in [0.4, 0.5) is 25.2 Å². The molecule has 2 atom stereocenters. The smallest absolute Gasteiger partial charge is 0.410 e. The first-order chi connectivity index (χ1) is 25.3. The fraction of sp³-hybridized carbons (Fsp3) is 0.350. The Hall–Kier alpha value is -5.23. The highest BCUT2D eigenvalue weighted by Crippen LogP contribution is 2.42. The second-order valence-electron chi connectivity index (χ2n) is 14.5. The highest BCUT2D eigenvalue weighted by atomic mass is 35.5. The maximum Gasteiger partial charge on any atom is 0.410 e. The molecule has 3 aromatic carbocycles. The van der Waals surface area contributed by atoms with E-state index in [4.69, 9.17) is 30.8 Å². The van der Waals surface area contributed by atoms with Crippen molar-refractivity contribution in [3.63, 3.8) is 0 Å². The maximum atomic E-state index is 16.8. The van der Waals surface area contributed by atoms with Crippen LogP contribution in [0.5, 0.6) is 11.5 Å². The largest absolute Gasteiger partial charge is 0.497 e. The van der Waals surface area contributed by atoms with Crippen molar-refractivity contribution in [1.82, 2.24) is 19.9 Å². The molecule has 0 saturated carbocycles. The summed E-state index contributed by atoms with van der Waals surface area (Å²) in [6.07, 6.45) is -0.798. The maximum absolute atomic E-state index is 16.8. The number of aryl methyl sites for hydroxylation is 1. The molecule has 2 saturated heterocycles. The molecule has 2 fully saturated rings. The summed E-state index contributed by atoms with van der Waals surface area (Å²) in [5, 5.41) is 0.370. The minimum atomic E-state index is -1.06. The SMILES string of the molecule is COc1ccc(CN(Cc2ccc(OC)cc2)c2cc(C)cc(-c3c(Cl)cc4c(N5CC6CC5CN6C(=O)OC(C)(C)C)nc(F)nc4c3F)n2)cc1. The number of hydrogen-bond donors (Lipinski definition) is 0. The number of rotatable bonds is 9. The van der Waals surface area contributed by atoms with Gasteiger partial charge in [-0.15, -0.1) is 0 Å². The van der Waals surface area contributed by atoms with Crippen LogP contribution >= 0.6 is 11.6 Å². The first-order valence-electron chi connectivity index (χ1n) is 17.4. The number of pyridine rings is 1. The van der Waals surface area contributed by atoms with Gasteiger partial charge in [0.2, 0.25) is 0 Å². The lowest BCUT2D eigenvalue weighted by Crippen LogP contribution is -2.50. The molecule has 2 aliphatic rings. The summed E-state index contributed by atoms with van der Waals surface area (Å²) in [5.41, 5.74) is 2.33. The van der Waals surface area contributed by atoms with Gasteiger partial charge in [-0.1, -0.05) is 35.9 Å². The minimum Gasteiger partial charge on any atom is -0.497 e. The third-order valence-corrected chi connectivity index (χ3v) is 9.88. The molecule has 2 aliphatic heterocycles. The van der Waals surface area contributed by atoms with Crippen LogP contribution in [-0.2, 0) is 17.8 Å². The number of aromatic nitrogens is 3. The molecule has 4 heterocycles. The summed E-state index contributed by atoms with van der Waals surface area (Å²) in [5.74, 6) is 1.53. The van der Waals surface area contributed by atoms with E-state index in [0.717, 1.165) is 28.2 Å². The van der Waals surface area contributed by atoms with E-state index in [-0.39, 0.29) is 45.1 Å². The zero-order valence-corrected chi connectivity index (χ0v) is 31.2. The van der Waals surface area contributed by atoms with Gasteiger partial charge in [0.25, 0.3) is 0 Å². The normalized spacial score (nSPS) is 16.7. The number of ether oxygens (including phenoxy) is 3. The first kappa shape index (κ1) is 36.1. The molecule has 10 nitrogen and oxygen atoms in total. The molecule has 276 valence electrons. The lowest BCUT2D eigenvalue weighted by molar-refractivity contribution is 0.0214. The molecule has 0 radical (unpaired) electrons. The molecule has 5 aromatic rings. The summed E-state index contributed by atoms with van der Waals surface area (Å²) in [6.45, 7) is 9.11. The molecule has 0 N–H and O–H groups in total. The van der Waals surface area contributed by atoms with Gasteiger partial charge in [-0.05, 0) is 93.3 Å². The number of fused-ring (bicyclic) bond motifs is 3. The lowest BCUT2D eigenvalue weighted by atomic mass is 10.0. The number of likely N-dealkylation sites (tertiary alicyclic amines) is 1. The molecule has 13 heteroatoms. The quantitative estimate of drug-likeness (QED) is 0.138. The molecule has 2 aromatic heterocycles. The number of benzene rings is 3. The predicted molar refractivity (Wildman–Crippen MR) is 201 cm³/mol. The topological polar surface area (TPSA) is 93.2 Å². The van der Waals surface area contributed by atoms with Crippen LogP contribution in [0.25, 0.3) is 22.2 Å². The summed E-state index contributed by atoms with van der Waals surface area (Å²) in [4.78, 5) is 31.5. The van der Waals surface area contributed by atoms with E-state index < -0.39 is 23.6 Å². The molecule has 53 heavy (non-hydrogen) atoms. The molecule has 1 amide bonds. The number of carbonyl (C=O) groups excluding carboxylic acids is 1. The second kappa shape index (κ2) is 14.3. The van der Waals surface area contributed by atoms with Crippen LogP contribution in [0, 0.1) is 18.8 Å². The van der Waals surface area contributed by atoms with Crippen molar-refractivity contribution in [2.45, 2.75) is 64.9 Å². The van der Waals surface area contributed by atoms with E-state index in [0.29, 0.717) is 38.4 Å². The third kappa shape index (κ3) is 7.50. The highest BCUT2D eigenvalue weighted by molar-refractivity contribution is 6.34. The van der Waals surface area contributed by atoms with Crippen molar-refractivity contribution < 1.29 is 27.8 Å². The second-order valence-corrected chi connectivity index (χ2v) is 14.9. The summed E-state index contributed by atoms with van der Waals surface area (Å²) in [7, 11) is 3.25. The fourth-order valence-electron chi connectivity index (χ4n) is 7.14. The van der Waals surface area contributed by atoms with E-state index in [9.17, 15) is 4.79 Å². The van der Waals surface area contributed by atoms with E-state index in [1.165, 1.54) is 0 Å². The van der Waals surface area contributed by atoms with Crippen molar-refractivity contribution in [2.24, 2.45) is 0 Å². The highest BCUT2D eigenvalue weighted by Gasteiger charge is 2.47. The van der Waals surface area contributed by atoms with Crippen LogP contribution in [0.15, 0.2) is 66.7 Å². The van der Waals surface area contributed by atoms with Gasteiger partial charge in [0.15, 0.2) is 5.82 Å². The Morgan fingerprint density at radius 2 is 1.51 bits per heavy atom. The Morgan fingerprint density at radius 1 is 0.887 bits per heavy atom. The number of amides is 1. The minimum absolute atomic E-state index is 0.0149. The van der Waals surface area contributed by atoms with Gasteiger partial charge in [0.05, 0.1) is 42.6 Å². The van der Waals surface area contributed by atoms with Crippen molar-refractivity contribution in [1.29, 1.82) is 0 Å². The first-order valence-corrected chi connectivity index (χ1v) is 17.8. The van der Waals surface area contributed by atoms with Gasteiger partial charge in [0, 0.05) is 31.6 Å². The fourth-order valence-corrected chi connectivity index (χ4v) is 7.43. The monoisotopic (exact) mass is 742 g/mol. The molecular weight excluding hydrogens is 702 g/mol. The van der Waals surface area contributed by atoms with Crippen molar-refractivity contribution in [3.05, 3.63) is 100 Å². The zero-order chi connectivity index (χ0) is 37.6. The number of halogens is 3. The van der Waals surface area contributed by atoms with Crippen LogP contribution < -0.4 is 19.3 Å². The Kier molecular flexibility index (Phi) is 9.75. The average molecular weight is 743 g/mol. The molecule has 2 bridgehead atoms. The van der Waals surface area contributed by atoms with Gasteiger partial charge >= 0.3 is 12.2 Å². The molecule has 0 spiro atoms. The van der Waals surface area contributed by atoms with E-state index in [1.54, 1.807) is 31.3 Å². The van der Waals surface area contributed by atoms with Gasteiger partial charge in [0.1, 0.15) is 34.3 Å². The Balaban J connectivity index is 1.24. The van der Waals surface area contributed by atoms with Crippen LogP contribution in [0.1, 0.15) is 43.9 Å². The zero-order valence-electron chi connectivity index (χ0n) is 30.5. The summed E-state index contributed by atoms with van der Waals surface area (Å²) < 4.78 is 48.2. The Labute approximate surface area is 312 Å². The van der Waals surface area contributed by atoms with Crippen LogP contribution in [0.3, 0.4) is 0 Å². The molecule has 0 aliphatic carbocycles. The number of hydrogen-bond acceptors (Lipinski definition) is 9. The Bertz CT molecular complexity index is 2110. The van der Waals surface area contributed by atoms with E-state index in [2.05, 4.69) is 14.9 Å². The predicted octanol–water partition coefficient (Wildman–Crippen LogP) is 8.35. The summed E-state index contributed by atoms with van der Waals surface area (Å²) >= 11 is 6.91. The van der Waals surface area contributed by atoms with Gasteiger partial charge in [-0.2, -0.15) is 14.4 Å². The third-order valence-electron chi connectivity index (χ3n) is 9.58. The van der Waals surface area contributed by atoms with E-state index >= 15 is 8.78 Å².